The van der Waals surface area contributed by atoms with Crippen LogP contribution in [0.1, 0.15) is 6.92 Å². The van der Waals surface area contributed by atoms with Gasteiger partial charge >= 0.3 is 6.03 Å². The highest BCUT2D eigenvalue weighted by Gasteiger charge is 2.17. The number of nitrogens with zero attached hydrogens (tertiary/aromatic N) is 1. The van der Waals surface area contributed by atoms with E-state index in [9.17, 15) is 4.79 Å². The van der Waals surface area contributed by atoms with Gasteiger partial charge in [-0.1, -0.05) is 6.92 Å². The van der Waals surface area contributed by atoms with Crippen LogP contribution in [0.4, 0.5) is 4.79 Å². The van der Waals surface area contributed by atoms with Crippen LogP contribution in [-0.2, 0) is 0 Å². The number of urea groups is 1. The van der Waals surface area contributed by atoms with Crippen LogP contribution in [0.25, 0.3) is 0 Å². The molecule has 70 valence electrons. The fourth-order valence-electron chi connectivity index (χ4n) is 1.32. The molecule has 1 aliphatic rings. The largest absolute Gasteiger partial charge is 0.341 e. The van der Waals surface area contributed by atoms with Gasteiger partial charge in [-0.2, -0.15) is 11.8 Å². The zero-order valence-electron chi connectivity index (χ0n) is 7.67. The molecule has 1 rings (SSSR count). The Hall–Kier alpha value is -0.380. The lowest BCUT2D eigenvalue weighted by Gasteiger charge is -2.21. The molecular formula is C8H16N2OS. The molecule has 0 spiro atoms. The van der Waals surface area contributed by atoms with Crippen molar-refractivity contribution in [1.29, 1.82) is 0 Å². The van der Waals surface area contributed by atoms with Gasteiger partial charge in [-0.05, 0) is 11.7 Å². The minimum atomic E-state index is 0.0596. The van der Waals surface area contributed by atoms with Crippen molar-refractivity contribution in [1.82, 2.24) is 10.2 Å². The lowest BCUT2D eigenvalue weighted by Crippen LogP contribution is -2.40. The molecule has 0 saturated carbocycles. The molecular weight excluding hydrogens is 172 g/mol. The molecule has 1 saturated heterocycles. The third kappa shape index (κ3) is 2.59. The van der Waals surface area contributed by atoms with Gasteiger partial charge in [0.2, 0.25) is 0 Å². The summed E-state index contributed by atoms with van der Waals surface area (Å²) in [6.45, 7) is 3.97. The summed E-state index contributed by atoms with van der Waals surface area (Å²) in [6, 6.07) is 0.0596. The third-order valence-electron chi connectivity index (χ3n) is 1.94. The first-order valence-corrected chi connectivity index (χ1v) is 5.44. The highest BCUT2D eigenvalue weighted by Crippen LogP contribution is 2.14. The Morgan fingerprint density at radius 3 is 3.08 bits per heavy atom. The summed E-state index contributed by atoms with van der Waals surface area (Å²) < 4.78 is 0. The summed E-state index contributed by atoms with van der Waals surface area (Å²) in [5.74, 6) is 2.86. The molecule has 0 aromatic carbocycles. The highest BCUT2D eigenvalue weighted by molar-refractivity contribution is 7.99. The van der Waals surface area contributed by atoms with Crippen molar-refractivity contribution in [3.05, 3.63) is 0 Å². The van der Waals surface area contributed by atoms with E-state index in [0.717, 1.165) is 18.8 Å². The maximum absolute atomic E-state index is 11.3. The predicted octanol–water partition coefficient (Wildman–Crippen LogP) is 1.01. The van der Waals surface area contributed by atoms with E-state index >= 15 is 0 Å². The SMILES string of the molecule is CNC(=O)N1CCSCC(C)C1. The van der Waals surface area contributed by atoms with Gasteiger partial charge in [-0.25, -0.2) is 4.79 Å². The van der Waals surface area contributed by atoms with Crippen molar-refractivity contribution >= 4 is 17.8 Å². The number of amides is 2. The Labute approximate surface area is 77.9 Å². The first-order valence-electron chi connectivity index (χ1n) is 4.28. The van der Waals surface area contributed by atoms with Crippen molar-refractivity contribution in [2.45, 2.75) is 6.92 Å². The third-order valence-corrected chi connectivity index (χ3v) is 3.22. The van der Waals surface area contributed by atoms with Gasteiger partial charge in [0, 0.05) is 25.9 Å². The molecule has 2 amide bonds. The van der Waals surface area contributed by atoms with Crippen molar-refractivity contribution < 1.29 is 4.79 Å². The van der Waals surface area contributed by atoms with E-state index in [-0.39, 0.29) is 6.03 Å². The molecule has 1 N–H and O–H groups in total. The van der Waals surface area contributed by atoms with E-state index in [0.29, 0.717) is 5.92 Å². The summed E-state index contributed by atoms with van der Waals surface area (Å²) >= 11 is 1.93. The van der Waals surface area contributed by atoms with E-state index in [1.807, 2.05) is 16.7 Å². The zero-order valence-corrected chi connectivity index (χ0v) is 8.49. The van der Waals surface area contributed by atoms with Crippen LogP contribution < -0.4 is 5.32 Å². The normalized spacial score (nSPS) is 24.8. The van der Waals surface area contributed by atoms with E-state index in [1.54, 1.807) is 7.05 Å². The number of hydrogen-bond acceptors (Lipinski definition) is 2. The van der Waals surface area contributed by atoms with Crippen molar-refractivity contribution in [2.24, 2.45) is 5.92 Å². The maximum atomic E-state index is 11.3. The summed E-state index contributed by atoms with van der Waals surface area (Å²) in [4.78, 5) is 13.2. The summed E-state index contributed by atoms with van der Waals surface area (Å²) in [6.07, 6.45) is 0. The Kier molecular flexibility index (Phi) is 3.72. The van der Waals surface area contributed by atoms with E-state index < -0.39 is 0 Å². The van der Waals surface area contributed by atoms with Gasteiger partial charge in [0.25, 0.3) is 0 Å². The molecule has 0 aromatic heterocycles. The van der Waals surface area contributed by atoms with Crippen LogP contribution in [0, 0.1) is 5.92 Å². The summed E-state index contributed by atoms with van der Waals surface area (Å²) in [5, 5.41) is 2.66. The predicted molar refractivity (Wildman–Crippen MR) is 52.5 cm³/mol. The summed E-state index contributed by atoms with van der Waals surface area (Å²) in [5.41, 5.74) is 0. The summed E-state index contributed by atoms with van der Waals surface area (Å²) in [7, 11) is 1.69. The second kappa shape index (κ2) is 4.60. The monoisotopic (exact) mass is 188 g/mol. The average Bonchev–Trinajstić information content (AvgIpc) is 2.28. The van der Waals surface area contributed by atoms with Crippen molar-refractivity contribution in [2.75, 3.05) is 31.6 Å². The molecule has 4 heteroatoms. The van der Waals surface area contributed by atoms with Crippen molar-refractivity contribution in [3.8, 4) is 0 Å². The molecule has 1 fully saturated rings. The van der Waals surface area contributed by atoms with Gasteiger partial charge in [0.15, 0.2) is 0 Å². The van der Waals surface area contributed by atoms with Gasteiger partial charge in [-0.15, -0.1) is 0 Å². The maximum Gasteiger partial charge on any atom is 0.317 e. The quantitative estimate of drug-likeness (QED) is 0.615. The minimum absolute atomic E-state index is 0.0596. The molecule has 0 bridgehead atoms. The van der Waals surface area contributed by atoms with Crippen LogP contribution in [0.5, 0.6) is 0 Å². The second-order valence-corrected chi connectivity index (χ2v) is 4.33. The van der Waals surface area contributed by atoms with Crippen LogP contribution in [-0.4, -0.2) is 42.6 Å². The molecule has 1 atom stereocenters. The lowest BCUT2D eigenvalue weighted by molar-refractivity contribution is 0.198. The standard InChI is InChI=1S/C8H16N2OS/c1-7-5-10(8(11)9-2)3-4-12-6-7/h7H,3-6H2,1-2H3,(H,9,11). The van der Waals surface area contributed by atoms with Crippen LogP contribution in [0.2, 0.25) is 0 Å². The molecule has 1 aliphatic heterocycles. The average molecular weight is 188 g/mol. The Morgan fingerprint density at radius 2 is 2.42 bits per heavy atom. The fraction of sp³-hybridized carbons (Fsp3) is 0.875. The number of thioether (sulfide) groups is 1. The fourth-order valence-corrected chi connectivity index (χ4v) is 2.35. The Morgan fingerprint density at radius 1 is 1.67 bits per heavy atom. The van der Waals surface area contributed by atoms with E-state index in [2.05, 4.69) is 12.2 Å². The molecule has 1 unspecified atom stereocenters. The molecule has 3 nitrogen and oxygen atoms in total. The van der Waals surface area contributed by atoms with Crippen LogP contribution in [0.15, 0.2) is 0 Å². The first-order chi connectivity index (χ1) is 5.74. The highest BCUT2D eigenvalue weighted by atomic mass is 32.2. The molecule has 0 radical (unpaired) electrons. The van der Waals surface area contributed by atoms with Gasteiger partial charge < -0.3 is 10.2 Å². The molecule has 0 aromatic rings. The second-order valence-electron chi connectivity index (χ2n) is 3.18. The number of carbonyl (C=O) groups is 1. The van der Waals surface area contributed by atoms with Gasteiger partial charge in [-0.3, -0.25) is 0 Å². The molecule has 12 heavy (non-hydrogen) atoms. The first kappa shape index (κ1) is 9.71. The zero-order chi connectivity index (χ0) is 8.97. The van der Waals surface area contributed by atoms with E-state index in [1.165, 1.54) is 5.75 Å². The van der Waals surface area contributed by atoms with Gasteiger partial charge in [0.1, 0.15) is 0 Å². The number of rotatable bonds is 0. The Balaban J connectivity index is 2.46. The molecule has 1 heterocycles. The van der Waals surface area contributed by atoms with Crippen LogP contribution >= 0.6 is 11.8 Å². The van der Waals surface area contributed by atoms with Gasteiger partial charge in [0.05, 0.1) is 0 Å². The number of nitrogens with one attached hydrogen (secondary N) is 1. The van der Waals surface area contributed by atoms with E-state index in [4.69, 9.17) is 0 Å². The Bertz CT molecular complexity index is 163. The van der Waals surface area contributed by atoms with Crippen LogP contribution in [0.3, 0.4) is 0 Å². The number of carbonyl (C=O) groups excluding carboxylic acids is 1. The lowest BCUT2D eigenvalue weighted by atomic mass is 10.2. The minimum Gasteiger partial charge on any atom is -0.341 e. The smallest absolute Gasteiger partial charge is 0.317 e. The van der Waals surface area contributed by atoms with Crippen molar-refractivity contribution in [3.63, 3.8) is 0 Å². The molecule has 0 aliphatic carbocycles. The number of hydrogen-bond donors (Lipinski definition) is 1. The topological polar surface area (TPSA) is 32.3 Å².